The Bertz CT molecular complexity index is 918. The maximum absolute atomic E-state index is 9.48. The van der Waals surface area contributed by atoms with E-state index in [0.717, 1.165) is 0 Å². The van der Waals surface area contributed by atoms with E-state index < -0.39 is 0 Å². The minimum Gasteiger partial charge on any atom is -0.260 e. The van der Waals surface area contributed by atoms with Crippen LogP contribution in [0.3, 0.4) is 0 Å². The quantitative estimate of drug-likeness (QED) is 0.643. The van der Waals surface area contributed by atoms with Crippen molar-refractivity contribution in [2.75, 3.05) is 5.43 Å². The number of nitrogens with zero attached hydrogens (tertiary/aromatic N) is 7. The number of aromatic nitrogens is 4. The molecule has 0 aliphatic rings. The van der Waals surface area contributed by atoms with Gasteiger partial charge >= 0.3 is 0 Å². The van der Waals surface area contributed by atoms with Crippen LogP contribution in [0.1, 0.15) is 64.1 Å². The molecular weight excluding hydrogens is 330 g/mol. The Labute approximate surface area is 152 Å². The standard InChI is InChI=1S/C17H23N9/c1-16(2,3)12-10(8-18)14(21-20-12)22-25-23-15-11(9-19)13(17(4,5)6)24-26(15)7/h1-7H3,(H2,20,21,22,23). The molecule has 0 aromatic carbocycles. The SMILES string of the molecule is Cn1nc(C(C)(C)C)c(C#N)c1N=NNc1[nH]nc(C(C)(C)C)c1C#N. The number of H-pyrrole nitrogens is 1. The average molecular weight is 353 g/mol. The summed E-state index contributed by atoms with van der Waals surface area (Å²) in [5.41, 5.74) is 4.20. The van der Waals surface area contributed by atoms with Gasteiger partial charge in [0.15, 0.2) is 11.6 Å². The Hall–Kier alpha value is -3.20. The molecule has 9 heteroatoms. The highest BCUT2D eigenvalue weighted by atomic mass is 15.5. The summed E-state index contributed by atoms with van der Waals surface area (Å²) in [7, 11) is 1.71. The van der Waals surface area contributed by atoms with Crippen molar-refractivity contribution in [1.82, 2.24) is 20.0 Å². The second-order valence-corrected chi connectivity index (χ2v) is 8.03. The van der Waals surface area contributed by atoms with Crippen LogP contribution in [-0.4, -0.2) is 20.0 Å². The van der Waals surface area contributed by atoms with Crippen LogP contribution < -0.4 is 5.43 Å². The van der Waals surface area contributed by atoms with Crippen molar-refractivity contribution in [1.29, 1.82) is 10.5 Å². The molecule has 2 heterocycles. The van der Waals surface area contributed by atoms with E-state index in [9.17, 15) is 10.5 Å². The number of nitrogens with one attached hydrogen (secondary N) is 2. The van der Waals surface area contributed by atoms with Gasteiger partial charge in [-0.15, -0.1) is 5.11 Å². The third-order valence-corrected chi connectivity index (χ3v) is 3.73. The lowest BCUT2D eigenvalue weighted by molar-refractivity contribution is 0.552. The molecule has 9 nitrogen and oxygen atoms in total. The molecule has 2 N–H and O–H groups in total. The van der Waals surface area contributed by atoms with Gasteiger partial charge in [-0.05, 0) is 0 Å². The van der Waals surface area contributed by atoms with Gasteiger partial charge < -0.3 is 0 Å². The Kier molecular flexibility index (Phi) is 4.86. The van der Waals surface area contributed by atoms with E-state index in [0.29, 0.717) is 34.2 Å². The average Bonchev–Trinajstić information content (AvgIpc) is 3.08. The molecule has 2 rings (SSSR count). The summed E-state index contributed by atoms with van der Waals surface area (Å²) < 4.78 is 1.52. The Morgan fingerprint density at radius 3 is 2.08 bits per heavy atom. The Morgan fingerprint density at radius 1 is 1.00 bits per heavy atom. The van der Waals surface area contributed by atoms with Gasteiger partial charge in [-0.1, -0.05) is 46.8 Å². The van der Waals surface area contributed by atoms with E-state index in [1.165, 1.54) is 4.68 Å². The van der Waals surface area contributed by atoms with Gasteiger partial charge in [0.25, 0.3) is 0 Å². The highest BCUT2D eigenvalue weighted by Crippen LogP contribution is 2.31. The van der Waals surface area contributed by atoms with E-state index in [-0.39, 0.29) is 10.8 Å². The molecule has 0 atom stereocenters. The van der Waals surface area contributed by atoms with Gasteiger partial charge in [0.05, 0.1) is 11.4 Å². The predicted molar refractivity (Wildman–Crippen MR) is 96.8 cm³/mol. The number of anilines is 1. The lowest BCUT2D eigenvalue weighted by Gasteiger charge is -2.14. The molecule has 0 amide bonds. The fourth-order valence-electron chi connectivity index (χ4n) is 2.45. The van der Waals surface area contributed by atoms with E-state index in [1.54, 1.807) is 7.05 Å². The van der Waals surface area contributed by atoms with Crippen LogP contribution in [0, 0.1) is 22.7 Å². The fraction of sp³-hybridized carbons (Fsp3) is 0.529. The fourth-order valence-corrected chi connectivity index (χ4v) is 2.45. The lowest BCUT2D eigenvalue weighted by Crippen LogP contribution is -2.14. The van der Waals surface area contributed by atoms with Gasteiger partial charge in [-0.2, -0.15) is 20.7 Å². The minimum absolute atomic E-state index is 0.281. The van der Waals surface area contributed by atoms with Crippen LogP contribution in [-0.2, 0) is 17.9 Å². The van der Waals surface area contributed by atoms with Crippen molar-refractivity contribution in [3.8, 4) is 12.1 Å². The van der Waals surface area contributed by atoms with Gasteiger partial charge in [0.1, 0.15) is 23.3 Å². The summed E-state index contributed by atoms with van der Waals surface area (Å²) in [4.78, 5) is 0. The van der Waals surface area contributed by atoms with Gasteiger partial charge in [0.2, 0.25) is 0 Å². The molecule has 0 bridgehead atoms. The number of aryl methyl sites for hydroxylation is 1. The zero-order valence-corrected chi connectivity index (χ0v) is 16.1. The van der Waals surface area contributed by atoms with Crippen LogP contribution in [0.4, 0.5) is 11.6 Å². The monoisotopic (exact) mass is 353 g/mol. The van der Waals surface area contributed by atoms with Gasteiger partial charge in [0, 0.05) is 17.9 Å². The van der Waals surface area contributed by atoms with Crippen LogP contribution in [0.25, 0.3) is 0 Å². The number of aromatic amines is 1. The first-order valence-electron chi connectivity index (χ1n) is 8.14. The maximum atomic E-state index is 9.48. The highest BCUT2D eigenvalue weighted by Gasteiger charge is 2.27. The van der Waals surface area contributed by atoms with Gasteiger partial charge in [-0.3, -0.25) is 5.10 Å². The Balaban J connectivity index is 2.34. The van der Waals surface area contributed by atoms with Crippen molar-refractivity contribution >= 4 is 11.6 Å². The molecule has 0 saturated carbocycles. The van der Waals surface area contributed by atoms with Crippen molar-refractivity contribution in [3.05, 3.63) is 22.5 Å². The topological polar surface area (TPSA) is 131 Å². The number of nitriles is 2. The molecule has 0 aliphatic carbocycles. The minimum atomic E-state index is -0.289. The summed E-state index contributed by atoms with van der Waals surface area (Å²) in [5.74, 6) is 0.705. The molecule has 0 fully saturated rings. The highest BCUT2D eigenvalue weighted by molar-refractivity contribution is 5.56. The second kappa shape index (κ2) is 6.60. The van der Waals surface area contributed by atoms with E-state index in [1.807, 2.05) is 41.5 Å². The summed E-state index contributed by atoms with van der Waals surface area (Å²) in [5, 5.41) is 38.2. The molecule has 136 valence electrons. The summed E-state index contributed by atoms with van der Waals surface area (Å²) in [6.07, 6.45) is 0. The molecule has 0 unspecified atom stereocenters. The van der Waals surface area contributed by atoms with Crippen molar-refractivity contribution in [3.63, 3.8) is 0 Å². The first kappa shape index (κ1) is 19.1. The molecular formula is C17H23N9. The zero-order valence-electron chi connectivity index (χ0n) is 16.1. The molecule has 0 saturated heterocycles. The number of hydrogen-bond acceptors (Lipinski definition) is 6. The van der Waals surface area contributed by atoms with Crippen LogP contribution in [0.2, 0.25) is 0 Å². The molecule has 0 spiro atoms. The first-order valence-corrected chi connectivity index (χ1v) is 8.14. The third-order valence-electron chi connectivity index (χ3n) is 3.73. The zero-order chi connectivity index (χ0) is 19.7. The van der Waals surface area contributed by atoms with Crippen LogP contribution in [0.15, 0.2) is 10.3 Å². The van der Waals surface area contributed by atoms with Crippen molar-refractivity contribution < 1.29 is 0 Å². The van der Waals surface area contributed by atoms with E-state index in [4.69, 9.17) is 0 Å². The van der Waals surface area contributed by atoms with Crippen molar-refractivity contribution in [2.24, 2.45) is 17.4 Å². The number of rotatable bonds is 3. The van der Waals surface area contributed by atoms with E-state index in [2.05, 4.69) is 43.2 Å². The molecule has 2 aromatic rings. The van der Waals surface area contributed by atoms with Gasteiger partial charge in [-0.25, -0.2) is 10.1 Å². The van der Waals surface area contributed by atoms with E-state index >= 15 is 0 Å². The summed E-state index contributed by atoms with van der Waals surface area (Å²) in [6, 6.07) is 4.28. The second-order valence-electron chi connectivity index (χ2n) is 8.03. The summed E-state index contributed by atoms with van der Waals surface area (Å²) >= 11 is 0. The van der Waals surface area contributed by atoms with Crippen LogP contribution in [0.5, 0.6) is 0 Å². The molecule has 0 radical (unpaired) electrons. The smallest absolute Gasteiger partial charge is 0.192 e. The normalized spacial score (nSPS) is 12.2. The van der Waals surface area contributed by atoms with Crippen molar-refractivity contribution in [2.45, 2.75) is 52.4 Å². The molecule has 26 heavy (non-hydrogen) atoms. The lowest BCUT2D eigenvalue weighted by atomic mass is 9.90. The largest absolute Gasteiger partial charge is 0.260 e. The van der Waals surface area contributed by atoms with Crippen LogP contribution >= 0.6 is 0 Å². The third kappa shape index (κ3) is 3.57. The maximum Gasteiger partial charge on any atom is 0.192 e. The predicted octanol–water partition coefficient (Wildman–Crippen LogP) is 3.59. The Morgan fingerprint density at radius 2 is 1.58 bits per heavy atom. The summed E-state index contributed by atoms with van der Waals surface area (Å²) in [6.45, 7) is 11.8. The first-order chi connectivity index (χ1) is 12.0. The molecule has 0 aliphatic heterocycles. The molecule has 2 aromatic heterocycles. The number of hydrogen-bond donors (Lipinski definition) is 2.